The molecule has 0 aliphatic rings. The molecule has 39 heavy (non-hydrogen) atoms. The van der Waals surface area contributed by atoms with Crippen LogP contribution in [0.3, 0.4) is 0 Å². The number of halogens is 1. The first-order valence-electron chi connectivity index (χ1n) is 12.8. The summed E-state index contributed by atoms with van der Waals surface area (Å²) in [5, 5.41) is 3.31. The number of amides is 2. The van der Waals surface area contributed by atoms with Gasteiger partial charge in [-0.05, 0) is 69.5 Å². The van der Waals surface area contributed by atoms with Crippen molar-refractivity contribution < 1.29 is 18.0 Å². The van der Waals surface area contributed by atoms with Gasteiger partial charge in [0.05, 0.1) is 10.6 Å². The second kappa shape index (κ2) is 12.7. The van der Waals surface area contributed by atoms with Crippen LogP contribution in [-0.4, -0.2) is 43.3 Å². The van der Waals surface area contributed by atoms with Gasteiger partial charge in [0.15, 0.2) is 0 Å². The number of nitrogens with one attached hydrogen (secondary N) is 1. The fourth-order valence-electron chi connectivity index (χ4n) is 4.24. The highest BCUT2D eigenvalue weighted by Gasteiger charge is 2.35. The van der Waals surface area contributed by atoms with Crippen LogP contribution in [0.5, 0.6) is 0 Å². The zero-order valence-electron chi connectivity index (χ0n) is 23.0. The molecule has 0 saturated heterocycles. The first kappa shape index (κ1) is 30.2. The first-order chi connectivity index (χ1) is 18.3. The van der Waals surface area contributed by atoms with Gasteiger partial charge in [-0.3, -0.25) is 13.9 Å². The summed E-state index contributed by atoms with van der Waals surface area (Å²) in [5.74, 6) is -0.806. The summed E-state index contributed by atoms with van der Waals surface area (Å²) in [6.07, 6.45) is 0.349. The number of anilines is 1. The summed E-state index contributed by atoms with van der Waals surface area (Å²) < 4.78 is 28.9. The van der Waals surface area contributed by atoms with Crippen LogP contribution in [0.4, 0.5) is 5.69 Å². The molecule has 0 aliphatic carbocycles. The molecule has 9 heteroatoms. The Balaban J connectivity index is 2.09. The third kappa shape index (κ3) is 7.83. The number of aryl methyl sites for hydroxylation is 1. The van der Waals surface area contributed by atoms with Crippen molar-refractivity contribution in [2.75, 3.05) is 10.8 Å². The van der Waals surface area contributed by atoms with Gasteiger partial charge in [0.1, 0.15) is 12.6 Å². The molecule has 0 aliphatic heterocycles. The first-order valence-corrected chi connectivity index (χ1v) is 14.6. The summed E-state index contributed by atoms with van der Waals surface area (Å²) in [6.45, 7) is 8.84. The smallest absolute Gasteiger partial charge is 0.264 e. The van der Waals surface area contributed by atoms with E-state index < -0.39 is 34.1 Å². The third-order valence-corrected chi connectivity index (χ3v) is 8.14. The number of carbonyl (C=O) groups is 2. The SMILES string of the molecule is CC[C@@H](C(=O)NC(C)(C)C)N(Cc1ccccc1)C(=O)CN(c1cc(Cl)ccc1C)S(=O)(=O)c1ccccc1. The van der Waals surface area contributed by atoms with Crippen LogP contribution in [0.15, 0.2) is 83.8 Å². The second-order valence-electron chi connectivity index (χ2n) is 10.4. The number of benzene rings is 3. The Morgan fingerprint density at radius 3 is 2.10 bits per heavy atom. The van der Waals surface area contributed by atoms with Gasteiger partial charge in [-0.25, -0.2) is 8.42 Å². The molecule has 2 amide bonds. The standard InChI is InChI=1S/C30H36ClN3O4S/c1-6-26(29(36)32-30(3,4)5)33(20-23-13-9-7-10-14-23)28(35)21-34(27-19-24(31)18-17-22(27)2)39(37,38)25-15-11-8-12-16-25/h7-19,26H,6,20-21H2,1-5H3,(H,32,36)/t26-/m0/s1. The van der Waals surface area contributed by atoms with Crippen LogP contribution >= 0.6 is 11.6 Å². The molecule has 0 saturated carbocycles. The quantitative estimate of drug-likeness (QED) is 0.346. The maximum atomic E-state index is 14.1. The van der Waals surface area contributed by atoms with Crippen LogP contribution in [0.1, 0.15) is 45.2 Å². The molecule has 3 rings (SSSR count). The highest BCUT2D eigenvalue weighted by atomic mass is 35.5. The van der Waals surface area contributed by atoms with E-state index in [-0.39, 0.29) is 17.3 Å². The predicted octanol–water partition coefficient (Wildman–Crippen LogP) is 5.57. The molecule has 0 radical (unpaired) electrons. The molecule has 0 unspecified atom stereocenters. The molecule has 208 valence electrons. The van der Waals surface area contributed by atoms with Gasteiger partial charge in [0, 0.05) is 17.1 Å². The van der Waals surface area contributed by atoms with Crippen molar-refractivity contribution in [3.8, 4) is 0 Å². The second-order valence-corrected chi connectivity index (χ2v) is 12.7. The van der Waals surface area contributed by atoms with Crippen LogP contribution in [-0.2, 0) is 26.2 Å². The molecular formula is C30H36ClN3O4S. The van der Waals surface area contributed by atoms with E-state index in [4.69, 9.17) is 11.6 Å². The lowest BCUT2D eigenvalue weighted by Gasteiger charge is -2.35. The minimum absolute atomic E-state index is 0.0457. The van der Waals surface area contributed by atoms with Gasteiger partial charge in [-0.2, -0.15) is 0 Å². The van der Waals surface area contributed by atoms with Gasteiger partial charge in [-0.15, -0.1) is 0 Å². The minimum atomic E-state index is -4.15. The lowest BCUT2D eigenvalue weighted by molar-refractivity contribution is -0.141. The highest BCUT2D eigenvalue weighted by molar-refractivity contribution is 7.92. The molecule has 1 N–H and O–H groups in total. The van der Waals surface area contributed by atoms with E-state index in [1.54, 1.807) is 37.3 Å². The number of rotatable bonds is 10. The molecule has 7 nitrogen and oxygen atoms in total. The Labute approximate surface area is 236 Å². The van der Waals surface area contributed by atoms with Crippen molar-refractivity contribution in [2.45, 2.75) is 64.1 Å². The fraction of sp³-hybridized carbons (Fsp3) is 0.333. The van der Waals surface area contributed by atoms with Gasteiger partial charge < -0.3 is 10.2 Å². The number of carbonyl (C=O) groups excluding carboxylic acids is 2. The molecule has 0 fully saturated rings. The fourth-order valence-corrected chi connectivity index (χ4v) is 5.89. The summed E-state index contributed by atoms with van der Waals surface area (Å²) in [5.41, 5.74) is 1.25. The summed E-state index contributed by atoms with van der Waals surface area (Å²) in [7, 11) is -4.15. The summed E-state index contributed by atoms with van der Waals surface area (Å²) in [6, 6.07) is 21.4. The Hall–Kier alpha value is -3.36. The molecular weight excluding hydrogens is 534 g/mol. The normalized spacial score (nSPS) is 12.5. The Bertz CT molecular complexity index is 1390. The maximum absolute atomic E-state index is 14.1. The van der Waals surface area contributed by atoms with E-state index in [2.05, 4.69) is 5.32 Å². The average Bonchev–Trinajstić information content (AvgIpc) is 2.88. The zero-order chi connectivity index (χ0) is 28.8. The van der Waals surface area contributed by atoms with Crippen molar-refractivity contribution in [2.24, 2.45) is 0 Å². The largest absolute Gasteiger partial charge is 0.350 e. The molecule has 0 aromatic heterocycles. The maximum Gasteiger partial charge on any atom is 0.264 e. The van der Waals surface area contributed by atoms with Crippen molar-refractivity contribution in [3.63, 3.8) is 0 Å². The highest BCUT2D eigenvalue weighted by Crippen LogP contribution is 2.30. The van der Waals surface area contributed by atoms with E-state index in [0.717, 1.165) is 9.87 Å². The van der Waals surface area contributed by atoms with Gasteiger partial charge in [0.25, 0.3) is 10.0 Å². The molecule has 1 atom stereocenters. The van der Waals surface area contributed by atoms with Crippen LogP contribution in [0.2, 0.25) is 5.02 Å². The van der Waals surface area contributed by atoms with E-state index in [1.165, 1.54) is 23.1 Å². The third-order valence-electron chi connectivity index (χ3n) is 6.13. The molecule has 3 aromatic carbocycles. The van der Waals surface area contributed by atoms with Gasteiger partial charge >= 0.3 is 0 Å². The van der Waals surface area contributed by atoms with Gasteiger partial charge in [-0.1, -0.05) is 73.1 Å². The molecule has 0 spiro atoms. The molecule has 3 aromatic rings. The number of nitrogens with zero attached hydrogens (tertiary/aromatic N) is 2. The Morgan fingerprint density at radius 1 is 0.949 bits per heavy atom. The van der Waals surface area contributed by atoms with E-state index in [1.807, 2.05) is 58.0 Å². The zero-order valence-corrected chi connectivity index (χ0v) is 24.6. The van der Waals surface area contributed by atoms with Gasteiger partial charge in [0.2, 0.25) is 11.8 Å². The van der Waals surface area contributed by atoms with Crippen molar-refractivity contribution in [1.82, 2.24) is 10.2 Å². The lowest BCUT2D eigenvalue weighted by atomic mass is 10.1. The van der Waals surface area contributed by atoms with Crippen molar-refractivity contribution in [3.05, 3.63) is 95.0 Å². The van der Waals surface area contributed by atoms with Crippen molar-refractivity contribution >= 4 is 39.1 Å². The van der Waals surface area contributed by atoms with Crippen molar-refractivity contribution in [1.29, 1.82) is 0 Å². The van der Waals surface area contributed by atoms with E-state index in [9.17, 15) is 18.0 Å². The number of sulfonamides is 1. The van der Waals surface area contributed by atoms with Crippen LogP contribution in [0, 0.1) is 6.92 Å². The van der Waals surface area contributed by atoms with Crippen LogP contribution < -0.4 is 9.62 Å². The topological polar surface area (TPSA) is 86.8 Å². The minimum Gasteiger partial charge on any atom is -0.350 e. The number of hydrogen-bond acceptors (Lipinski definition) is 4. The van der Waals surface area contributed by atoms with Crippen LogP contribution in [0.25, 0.3) is 0 Å². The average molecular weight is 570 g/mol. The molecule has 0 heterocycles. The monoisotopic (exact) mass is 569 g/mol. The predicted molar refractivity (Wildman–Crippen MR) is 156 cm³/mol. The summed E-state index contributed by atoms with van der Waals surface area (Å²) >= 11 is 6.27. The van der Waals surface area contributed by atoms with E-state index in [0.29, 0.717) is 22.7 Å². The molecule has 0 bridgehead atoms. The Kier molecular flexibility index (Phi) is 9.80. The summed E-state index contributed by atoms with van der Waals surface area (Å²) in [4.78, 5) is 28.9. The Morgan fingerprint density at radius 2 is 1.54 bits per heavy atom. The number of hydrogen-bond donors (Lipinski definition) is 1. The van der Waals surface area contributed by atoms with E-state index >= 15 is 0 Å². The lowest BCUT2D eigenvalue weighted by Crippen LogP contribution is -2.55.